The van der Waals surface area contributed by atoms with Gasteiger partial charge in [0.15, 0.2) is 0 Å². The highest BCUT2D eigenvalue weighted by Crippen LogP contribution is 2.33. The summed E-state index contributed by atoms with van der Waals surface area (Å²) in [5.74, 6) is -0.632. The smallest absolute Gasteiger partial charge is 0.243 e. The van der Waals surface area contributed by atoms with Crippen molar-refractivity contribution in [3.63, 3.8) is 0 Å². The summed E-state index contributed by atoms with van der Waals surface area (Å²) in [6.07, 6.45) is 3.30. The molecule has 1 aromatic carbocycles. The van der Waals surface area contributed by atoms with Crippen molar-refractivity contribution in [1.82, 2.24) is 25.8 Å². The lowest BCUT2D eigenvalue weighted by Crippen LogP contribution is -2.56. The van der Waals surface area contributed by atoms with Gasteiger partial charge in [-0.25, -0.2) is 9.37 Å². The molecule has 11 heteroatoms. The molecule has 2 heterocycles. The first-order valence-electron chi connectivity index (χ1n) is 12.7. The van der Waals surface area contributed by atoms with Gasteiger partial charge in [0.1, 0.15) is 30.3 Å². The minimum atomic E-state index is -0.832. The number of ether oxygens (including phenoxy) is 1. The van der Waals surface area contributed by atoms with Gasteiger partial charge in [-0.15, -0.1) is 11.3 Å². The number of benzene rings is 1. The molecule has 2 aliphatic rings. The number of carbonyl (C=O) groups excluding carboxylic acids is 3. The van der Waals surface area contributed by atoms with E-state index in [1.54, 1.807) is 25.5 Å². The molecule has 1 aromatic heterocycles. The number of aryl methyl sites for hydroxylation is 1. The molecule has 0 spiro atoms. The molecule has 4 rings (SSSR count). The van der Waals surface area contributed by atoms with Crippen LogP contribution in [0.5, 0.6) is 5.75 Å². The molecule has 0 radical (unpaired) electrons. The molecule has 1 saturated carbocycles. The zero-order valence-corrected chi connectivity index (χ0v) is 22.0. The first-order valence-corrected chi connectivity index (χ1v) is 13.6. The Morgan fingerprint density at radius 3 is 2.73 bits per heavy atom. The lowest BCUT2D eigenvalue weighted by molar-refractivity contribution is -0.141. The van der Waals surface area contributed by atoms with E-state index in [2.05, 4.69) is 20.9 Å². The van der Waals surface area contributed by atoms with Gasteiger partial charge in [0.05, 0.1) is 17.2 Å². The van der Waals surface area contributed by atoms with Crippen molar-refractivity contribution in [2.24, 2.45) is 5.92 Å². The second-order valence-corrected chi connectivity index (χ2v) is 10.4. The van der Waals surface area contributed by atoms with Crippen LogP contribution in [0.1, 0.15) is 37.4 Å². The van der Waals surface area contributed by atoms with Crippen LogP contribution < -0.4 is 20.7 Å². The van der Waals surface area contributed by atoms with E-state index in [0.717, 1.165) is 18.4 Å². The number of thiazole rings is 1. The molecular weight excluding hydrogens is 497 g/mol. The molecule has 9 nitrogen and oxygen atoms in total. The largest absolute Gasteiger partial charge is 0.492 e. The molecule has 2 aromatic rings. The van der Waals surface area contributed by atoms with Crippen molar-refractivity contribution < 1.29 is 23.5 Å². The zero-order chi connectivity index (χ0) is 26.4. The Bertz CT molecular complexity index is 1090. The van der Waals surface area contributed by atoms with Gasteiger partial charge < -0.3 is 25.6 Å². The summed E-state index contributed by atoms with van der Waals surface area (Å²) in [4.78, 5) is 45.2. The zero-order valence-electron chi connectivity index (χ0n) is 21.2. The first kappa shape index (κ1) is 27.0. The minimum Gasteiger partial charge on any atom is -0.492 e. The third-order valence-electron chi connectivity index (χ3n) is 6.87. The van der Waals surface area contributed by atoms with Gasteiger partial charge in [0.25, 0.3) is 0 Å². The summed E-state index contributed by atoms with van der Waals surface area (Å²) in [6.45, 7) is 2.70. The normalized spacial score (nSPS) is 24.8. The first-order chi connectivity index (χ1) is 17.8. The van der Waals surface area contributed by atoms with Gasteiger partial charge in [-0.1, -0.05) is 6.07 Å². The third kappa shape index (κ3) is 7.26. The van der Waals surface area contributed by atoms with Crippen LogP contribution in [0.25, 0.3) is 0 Å². The average molecular weight is 532 g/mol. The van der Waals surface area contributed by atoms with E-state index in [9.17, 15) is 18.8 Å². The number of hydrogen-bond acceptors (Lipinski definition) is 7. The number of amides is 3. The topological polar surface area (TPSA) is 113 Å². The predicted molar refractivity (Wildman–Crippen MR) is 138 cm³/mol. The number of likely N-dealkylation sites (N-methyl/N-ethyl adjacent to an activating group) is 1. The minimum absolute atomic E-state index is 0.182. The van der Waals surface area contributed by atoms with E-state index >= 15 is 0 Å². The van der Waals surface area contributed by atoms with Crippen molar-refractivity contribution >= 4 is 29.1 Å². The van der Waals surface area contributed by atoms with Gasteiger partial charge in [-0.05, 0) is 50.2 Å². The van der Waals surface area contributed by atoms with E-state index in [4.69, 9.17) is 4.74 Å². The number of rotatable bonds is 3. The Morgan fingerprint density at radius 2 is 2.00 bits per heavy atom. The number of aromatic nitrogens is 1. The maximum atomic E-state index is 13.9. The molecule has 1 fully saturated rings. The molecule has 3 atom stereocenters. The quantitative estimate of drug-likeness (QED) is 0.556. The SMILES string of the molecule is C[C@@H]1C(=O)N[C@H](Cc2cscn2)C(=O)NCCCc2ccc(F)cc2OCCN[C@@H](C2CC2)C(=O)N1C. The summed E-state index contributed by atoms with van der Waals surface area (Å²) in [7, 11) is 1.60. The maximum Gasteiger partial charge on any atom is 0.243 e. The van der Waals surface area contributed by atoms with Crippen LogP contribution in [0, 0.1) is 11.7 Å². The highest BCUT2D eigenvalue weighted by Gasteiger charge is 2.39. The summed E-state index contributed by atoms with van der Waals surface area (Å²) in [5.41, 5.74) is 3.22. The summed E-state index contributed by atoms with van der Waals surface area (Å²) in [6, 6.07) is 2.40. The number of fused-ring (bicyclic) bond motifs is 1. The Balaban J connectivity index is 1.54. The number of nitrogens with zero attached hydrogens (tertiary/aromatic N) is 2. The Labute approximate surface area is 220 Å². The van der Waals surface area contributed by atoms with Crippen molar-refractivity contribution in [2.75, 3.05) is 26.7 Å². The van der Waals surface area contributed by atoms with Crippen LogP contribution in [0.2, 0.25) is 0 Å². The van der Waals surface area contributed by atoms with E-state index in [0.29, 0.717) is 37.4 Å². The number of carbonyl (C=O) groups is 3. The highest BCUT2D eigenvalue weighted by molar-refractivity contribution is 7.07. The van der Waals surface area contributed by atoms with Crippen LogP contribution in [-0.2, 0) is 27.2 Å². The Hall–Kier alpha value is -3.05. The average Bonchev–Trinajstić information content (AvgIpc) is 3.59. The summed E-state index contributed by atoms with van der Waals surface area (Å²) < 4.78 is 19.8. The molecule has 3 amide bonds. The molecule has 3 N–H and O–H groups in total. The van der Waals surface area contributed by atoms with Crippen LogP contribution >= 0.6 is 11.3 Å². The second-order valence-electron chi connectivity index (χ2n) is 9.63. The van der Waals surface area contributed by atoms with E-state index in [1.807, 2.05) is 5.38 Å². The third-order valence-corrected chi connectivity index (χ3v) is 7.51. The summed E-state index contributed by atoms with van der Waals surface area (Å²) >= 11 is 1.42. The van der Waals surface area contributed by atoms with E-state index in [-0.39, 0.29) is 36.6 Å². The van der Waals surface area contributed by atoms with Gasteiger partial charge in [0, 0.05) is 38.0 Å². The molecular formula is C26H34FN5O4S. The maximum absolute atomic E-state index is 13.9. The number of hydrogen-bond donors (Lipinski definition) is 3. The lowest BCUT2D eigenvalue weighted by atomic mass is 10.1. The highest BCUT2D eigenvalue weighted by atomic mass is 32.1. The van der Waals surface area contributed by atoms with Crippen LogP contribution in [0.15, 0.2) is 29.1 Å². The standard InChI is InChI=1S/C26H34FN5O4S/c1-16-24(33)31-21(13-20-14-37-15-30-20)25(34)29-9-3-4-17-7-8-19(27)12-22(17)36-11-10-28-23(18-5-6-18)26(35)32(16)2/h7-8,12,14-16,18,21,23,28H,3-6,9-11,13H2,1-2H3,(H,29,34)(H,31,33)/t16-,21-,23+/m1/s1. The molecule has 1 aliphatic heterocycles. The second kappa shape index (κ2) is 12.5. The molecule has 0 unspecified atom stereocenters. The van der Waals surface area contributed by atoms with Crippen molar-refractivity contribution in [1.29, 1.82) is 0 Å². The van der Waals surface area contributed by atoms with Gasteiger partial charge in [-0.3, -0.25) is 14.4 Å². The van der Waals surface area contributed by atoms with E-state index in [1.165, 1.54) is 28.4 Å². The fourth-order valence-electron chi connectivity index (χ4n) is 4.38. The van der Waals surface area contributed by atoms with Crippen LogP contribution in [0.3, 0.4) is 0 Å². The van der Waals surface area contributed by atoms with Crippen LogP contribution in [0.4, 0.5) is 4.39 Å². The van der Waals surface area contributed by atoms with Crippen LogP contribution in [-0.4, -0.2) is 72.5 Å². The molecule has 200 valence electrons. The van der Waals surface area contributed by atoms with Gasteiger partial charge in [-0.2, -0.15) is 0 Å². The lowest BCUT2D eigenvalue weighted by Gasteiger charge is -2.30. The van der Waals surface area contributed by atoms with Gasteiger partial charge in [0.2, 0.25) is 17.7 Å². The summed E-state index contributed by atoms with van der Waals surface area (Å²) in [5, 5.41) is 10.8. The molecule has 1 aliphatic carbocycles. The molecule has 0 bridgehead atoms. The van der Waals surface area contributed by atoms with Crippen molar-refractivity contribution in [3.8, 4) is 5.75 Å². The Morgan fingerprint density at radius 1 is 1.19 bits per heavy atom. The van der Waals surface area contributed by atoms with Crippen molar-refractivity contribution in [3.05, 3.63) is 46.2 Å². The van der Waals surface area contributed by atoms with Gasteiger partial charge >= 0.3 is 0 Å². The Kier molecular flexibility index (Phi) is 9.09. The molecule has 37 heavy (non-hydrogen) atoms. The monoisotopic (exact) mass is 531 g/mol. The van der Waals surface area contributed by atoms with Crippen molar-refractivity contribution in [2.45, 2.75) is 57.2 Å². The molecule has 0 saturated heterocycles. The number of nitrogens with one attached hydrogen (secondary N) is 3. The fourth-order valence-corrected chi connectivity index (χ4v) is 4.95. The van der Waals surface area contributed by atoms with E-state index < -0.39 is 24.0 Å². The predicted octanol–water partition coefficient (Wildman–Crippen LogP) is 1.67. The number of halogens is 1. The fraction of sp³-hybridized carbons (Fsp3) is 0.538.